The van der Waals surface area contributed by atoms with Gasteiger partial charge in [0.2, 0.25) is 0 Å². The predicted octanol–water partition coefficient (Wildman–Crippen LogP) is 1.01. The van der Waals surface area contributed by atoms with Crippen LogP contribution in [0.25, 0.3) is 0 Å². The first kappa shape index (κ1) is 8.75. The molecular formula is C10H17N3. The Labute approximate surface area is 78.9 Å². The SMILES string of the molecule is Cc1nn(C)cc1CC1(CN)CC1. The van der Waals surface area contributed by atoms with Crippen LogP contribution in [0.1, 0.15) is 24.1 Å². The minimum atomic E-state index is 0.424. The second-order valence-corrected chi connectivity index (χ2v) is 4.29. The highest BCUT2D eigenvalue weighted by Crippen LogP contribution is 2.47. The van der Waals surface area contributed by atoms with E-state index in [0.29, 0.717) is 5.41 Å². The molecule has 3 nitrogen and oxygen atoms in total. The number of aryl methyl sites for hydroxylation is 2. The van der Waals surface area contributed by atoms with Gasteiger partial charge >= 0.3 is 0 Å². The Morgan fingerprint density at radius 3 is 2.69 bits per heavy atom. The summed E-state index contributed by atoms with van der Waals surface area (Å²) in [6.45, 7) is 2.89. The van der Waals surface area contributed by atoms with Crippen molar-refractivity contribution < 1.29 is 0 Å². The van der Waals surface area contributed by atoms with Gasteiger partial charge in [-0.15, -0.1) is 0 Å². The third kappa shape index (κ3) is 1.61. The van der Waals surface area contributed by atoms with Crippen LogP contribution in [-0.2, 0) is 13.5 Å². The van der Waals surface area contributed by atoms with Crippen LogP contribution in [-0.4, -0.2) is 16.3 Å². The maximum absolute atomic E-state index is 5.75. The molecular weight excluding hydrogens is 162 g/mol. The van der Waals surface area contributed by atoms with E-state index in [2.05, 4.69) is 18.2 Å². The van der Waals surface area contributed by atoms with E-state index in [1.54, 1.807) is 0 Å². The van der Waals surface area contributed by atoms with E-state index in [1.165, 1.54) is 18.4 Å². The van der Waals surface area contributed by atoms with Crippen molar-refractivity contribution in [2.24, 2.45) is 18.2 Å². The number of nitrogens with two attached hydrogens (primary N) is 1. The standard InChI is InChI=1S/C10H17N3/c1-8-9(6-13(2)12-8)5-10(7-11)3-4-10/h6H,3-5,7,11H2,1-2H3. The van der Waals surface area contributed by atoms with Gasteiger partial charge in [0.05, 0.1) is 5.69 Å². The molecule has 0 spiro atoms. The molecule has 13 heavy (non-hydrogen) atoms. The van der Waals surface area contributed by atoms with Gasteiger partial charge in [-0.3, -0.25) is 4.68 Å². The highest BCUT2D eigenvalue weighted by molar-refractivity contribution is 5.19. The van der Waals surface area contributed by atoms with Gasteiger partial charge in [0, 0.05) is 13.2 Å². The van der Waals surface area contributed by atoms with Crippen molar-refractivity contribution in [1.29, 1.82) is 0 Å². The Morgan fingerprint density at radius 2 is 2.31 bits per heavy atom. The molecule has 1 saturated carbocycles. The molecule has 3 heteroatoms. The van der Waals surface area contributed by atoms with Gasteiger partial charge in [-0.2, -0.15) is 5.10 Å². The second-order valence-electron chi connectivity index (χ2n) is 4.29. The lowest BCUT2D eigenvalue weighted by atomic mass is 9.97. The number of aromatic nitrogens is 2. The molecule has 1 aliphatic rings. The van der Waals surface area contributed by atoms with E-state index in [-0.39, 0.29) is 0 Å². The van der Waals surface area contributed by atoms with Gasteiger partial charge in [0.15, 0.2) is 0 Å². The first-order valence-corrected chi connectivity index (χ1v) is 4.84. The molecule has 1 aromatic rings. The van der Waals surface area contributed by atoms with Crippen molar-refractivity contribution in [3.05, 3.63) is 17.5 Å². The molecule has 1 aliphatic carbocycles. The Bertz CT molecular complexity index is 310. The summed E-state index contributed by atoms with van der Waals surface area (Å²) >= 11 is 0. The smallest absolute Gasteiger partial charge is 0.0625 e. The van der Waals surface area contributed by atoms with E-state index < -0.39 is 0 Å². The summed E-state index contributed by atoms with van der Waals surface area (Å²) in [7, 11) is 1.97. The Kier molecular flexibility index (Phi) is 1.91. The van der Waals surface area contributed by atoms with Crippen molar-refractivity contribution in [3.63, 3.8) is 0 Å². The molecule has 0 aromatic carbocycles. The topological polar surface area (TPSA) is 43.8 Å². The van der Waals surface area contributed by atoms with Crippen LogP contribution in [0.3, 0.4) is 0 Å². The molecule has 1 fully saturated rings. The maximum Gasteiger partial charge on any atom is 0.0625 e. The molecule has 0 radical (unpaired) electrons. The van der Waals surface area contributed by atoms with Crippen LogP contribution < -0.4 is 5.73 Å². The third-order valence-corrected chi connectivity index (χ3v) is 3.07. The van der Waals surface area contributed by atoms with Crippen LogP contribution in [0.2, 0.25) is 0 Å². The molecule has 2 rings (SSSR count). The minimum absolute atomic E-state index is 0.424. The van der Waals surface area contributed by atoms with Crippen molar-refractivity contribution in [1.82, 2.24) is 9.78 Å². The fourth-order valence-corrected chi connectivity index (χ4v) is 1.86. The highest BCUT2D eigenvalue weighted by Gasteiger charge is 2.41. The van der Waals surface area contributed by atoms with Crippen molar-refractivity contribution in [2.75, 3.05) is 6.54 Å². The Morgan fingerprint density at radius 1 is 1.62 bits per heavy atom. The van der Waals surface area contributed by atoms with Crippen molar-refractivity contribution in [3.8, 4) is 0 Å². The van der Waals surface area contributed by atoms with Gasteiger partial charge in [0.25, 0.3) is 0 Å². The summed E-state index contributed by atoms with van der Waals surface area (Å²) in [5.74, 6) is 0. The molecule has 0 bridgehead atoms. The summed E-state index contributed by atoms with van der Waals surface area (Å²) in [4.78, 5) is 0. The summed E-state index contributed by atoms with van der Waals surface area (Å²) < 4.78 is 1.89. The molecule has 0 atom stereocenters. The maximum atomic E-state index is 5.75. The molecule has 0 saturated heterocycles. The van der Waals surface area contributed by atoms with E-state index in [9.17, 15) is 0 Å². The van der Waals surface area contributed by atoms with E-state index >= 15 is 0 Å². The highest BCUT2D eigenvalue weighted by atomic mass is 15.2. The lowest BCUT2D eigenvalue weighted by Gasteiger charge is -2.10. The predicted molar refractivity (Wildman–Crippen MR) is 52.4 cm³/mol. The van der Waals surface area contributed by atoms with Crippen LogP contribution in [0.4, 0.5) is 0 Å². The molecule has 0 amide bonds. The molecule has 1 aromatic heterocycles. The average molecular weight is 179 g/mol. The molecule has 0 unspecified atom stereocenters. The van der Waals surface area contributed by atoms with Crippen LogP contribution in [0.5, 0.6) is 0 Å². The quantitative estimate of drug-likeness (QED) is 0.752. The van der Waals surface area contributed by atoms with Crippen molar-refractivity contribution in [2.45, 2.75) is 26.2 Å². The van der Waals surface area contributed by atoms with E-state index in [1.807, 2.05) is 11.7 Å². The van der Waals surface area contributed by atoms with E-state index in [4.69, 9.17) is 5.73 Å². The van der Waals surface area contributed by atoms with E-state index in [0.717, 1.165) is 18.7 Å². The Balaban J connectivity index is 2.13. The lowest BCUT2D eigenvalue weighted by molar-refractivity contribution is 0.519. The largest absolute Gasteiger partial charge is 0.330 e. The summed E-state index contributed by atoms with van der Waals surface area (Å²) in [5.41, 5.74) is 8.69. The first-order valence-electron chi connectivity index (χ1n) is 4.84. The fraction of sp³-hybridized carbons (Fsp3) is 0.700. The zero-order chi connectivity index (χ0) is 9.47. The lowest BCUT2D eigenvalue weighted by Crippen LogP contribution is -2.18. The van der Waals surface area contributed by atoms with Gasteiger partial charge < -0.3 is 5.73 Å². The second kappa shape index (κ2) is 2.84. The third-order valence-electron chi connectivity index (χ3n) is 3.07. The summed E-state index contributed by atoms with van der Waals surface area (Å²) in [5, 5.41) is 4.33. The summed E-state index contributed by atoms with van der Waals surface area (Å²) in [6, 6.07) is 0. The molecule has 72 valence electrons. The number of hydrogen-bond acceptors (Lipinski definition) is 2. The average Bonchev–Trinajstić information content (AvgIpc) is 2.77. The monoisotopic (exact) mass is 179 g/mol. The number of hydrogen-bond donors (Lipinski definition) is 1. The number of nitrogens with zero attached hydrogens (tertiary/aromatic N) is 2. The minimum Gasteiger partial charge on any atom is -0.330 e. The van der Waals surface area contributed by atoms with Crippen LogP contribution in [0.15, 0.2) is 6.20 Å². The van der Waals surface area contributed by atoms with Crippen LogP contribution in [0, 0.1) is 12.3 Å². The van der Waals surface area contributed by atoms with Gasteiger partial charge in [0.1, 0.15) is 0 Å². The molecule has 0 aliphatic heterocycles. The van der Waals surface area contributed by atoms with Gasteiger partial charge in [-0.25, -0.2) is 0 Å². The van der Waals surface area contributed by atoms with Crippen molar-refractivity contribution >= 4 is 0 Å². The first-order chi connectivity index (χ1) is 6.15. The van der Waals surface area contributed by atoms with Crippen LogP contribution >= 0.6 is 0 Å². The normalized spacial score (nSPS) is 19.0. The molecule has 1 heterocycles. The fourth-order valence-electron chi connectivity index (χ4n) is 1.86. The van der Waals surface area contributed by atoms with Gasteiger partial charge in [-0.05, 0) is 43.7 Å². The molecule has 2 N–H and O–H groups in total. The Hall–Kier alpha value is -0.830. The number of rotatable bonds is 3. The zero-order valence-corrected chi connectivity index (χ0v) is 8.38. The zero-order valence-electron chi connectivity index (χ0n) is 8.38. The summed E-state index contributed by atoms with van der Waals surface area (Å²) in [6.07, 6.45) is 5.81. The van der Waals surface area contributed by atoms with Gasteiger partial charge in [-0.1, -0.05) is 0 Å².